The summed E-state index contributed by atoms with van der Waals surface area (Å²) in [6.45, 7) is 6.41. The Bertz CT molecular complexity index is 496. The highest BCUT2D eigenvalue weighted by Crippen LogP contribution is 2.24. The second-order valence-corrected chi connectivity index (χ2v) is 4.77. The van der Waals surface area contributed by atoms with E-state index in [-0.39, 0.29) is 0 Å². The van der Waals surface area contributed by atoms with Gasteiger partial charge in [-0.3, -0.25) is 9.59 Å². The van der Waals surface area contributed by atoms with Gasteiger partial charge in [-0.25, -0.2) is 0 Å². The number of hydrogen-bond acceptors (Lipinski definition) is 2. The summed E-state index contributed by atoms with van der Waals surface area (Å²) in [5.74, 6) is -1.14. The standard InChI is InChI=1S/C13H16N2O2/c1-8-4-5-10(6-9(8)2)13(3)7-14-11(16)12(17)15-13/h4-6H,7H2,1-3H3,(H,14,16)(H,15,17). The third kappa shape index (κ3) is 2.02. The van der Waals surface area contributed by atoms with Crippen LogP contribution in [-0.4, -0.2) is 18.4 Å². The van der Waals surface area contributed by atoms with Gasteiger partial charge in [0.2, 0.25) is 0 Å². The quantitative estimate of drug-likeness (QED) is 0.702. The van der Waals surface area contributed by atoms with Gasteiger partial charge < -0.3 is 10.6 Å². The van der Waals surface area contributed by atoms with Crippen LogP contribution < -0.4 is 10.6 Å². The summed E-state index contributed by atoms with van der Waals surface area (Å²) in [6.07, 6.45) is 0. The molecule has 0 bridgehead atoms. The summed E-state index contributed by atoms with van der Waals surface area (Å²) >= 11 is 0. The lowest BCUT2D eigenvalue weighted by Gasteiger charge is -2.35. The van der Waals surface area contributed by atoms with Crippen LogP contribution in [0.1, 0.15) is 23.6 Å². The Labute approximate surface area is 100 Å². The molecule has 0 spiro atoms. The van der Waals surface area contributed by atoms with Gasteiger partial charge in [0.05, 0.1) is 5.54 Å². The monoisotopic (exact) mass is 232 g/mol. The lowest BCUT2D eigenvalue weighted by Crippen LogP contribution is -2.60. The summed E-state index contributed by atoms with van der Waals surface area (Å²) in [4.78, 5) is 22.5. The van der Waals surface area contributed by atoms with Gasteiger partial charge in [-0.15, -0.1) is 0 Å². The SMILES string of the molecule is Cc1ccc(C2(C)CNC(=O)C(=O)N2)cc1C. The molecule has 2 amide bonds. The Balaban J connectivity index is 2.35. The third-order valence-electron chi connectivity index (χ3n) is 3.34. The maximum atomic E-state index is 11.4. The number of benzene rings is 1. The van der Waals surface area contributed by atoms with Gasteiger partial charge in [0, 0.05) is 6.54 Å². The summed E-state index contributed by atoms with van der Waals surface area (Å²) in [7, 11) is 0. The van der Waals surface area contributed by atoms with Gasteiger partial charge in [-0.1, -0.05) is 18.2 Å². The van der Waals surface area contributed by atoms with Crippen LogP contribution in [-0.2, 0) is 15.1 Å². The number of carbonyl (C=O) groups excluding carboxylic acids is 2. The van der Waals surface area contributed by atoms with E-state index in [9.17, 15) is 9.59 Å². The molecular weight excluding hydrogens is 216 g/mol. The average Bonchev–Trinajstić information content (AvgIpc) is 2.28. The van der Waals surface area contributed by atoms with Crippen LogP contribution in [0.2, 0.25) is 0 Å². The van der Waals surface area contributed by atoms with Crippen LogP contribution >= 0.6 is 0 Å². The molecule has 4 nitrogen and oxygen atoms in total. The van der Waals surface area contributed by atoms with E-state index in [1.54, 1.807) is 0 Å². The lowest BCUT2D eigenvalue weighted by molar-refractivity contribution is -0.142. The minimum Gasteiger partial charge on any atom is -0.345 e. The fourth-order valence-corrected chi connectivity index (χ4v) is 1.95. The van der Waals surface area contributed by atoms with Crippen molar-refractivity contribution in [3.05, 3.63) is 34.9 Å². The highest BCUT2D eigenvalue weighted by molar-refractivity contribution is 6.35. The summed E-state index contributed by atoms with van der Waals surface area (Å²) in [5, 5.41) is 5.36. The molecule has 0 aromatic heterocycles. The van der Waals surface area contributed by atoms with E-state index in [2.05, 4.69) is 10.6 Å². The van der Waals surface area contributed by atoms with E-state index in [1.807, 2.05) is 39.0 Å². The second kappa shape index (κ2) is 3.87. The van der Waals surface area contributed by atoms with Gasteiger partial charge >= 0.3 is 11.8 Å². The molecule has 1 atom stereocenters. The van der Waals surface area contributed by atoms with Crippen molar-refractivity contribution in [3.8, 4) is 0 Å². The first kappa shape index (κ1) is 11.6. The van der Waals surface area contributed by atoms with Gasteiger partial charge in [0.1, 0.15) is 0 Å². The van der Waals surface area contributed by atoms with E-state index in [4.69, 9.17) is 0 Å². The maximum Gasteiger partial charge on any atom is 0.310 e. The molecule has 1 unspecified atom stereocenters. The van der Waals surface area contributed by atoms with Gasteiger partial charge in [0.15, 0.2) is 0 Å². The van der Waals surface area contributed by atoms with Crippen LogP contribution in [0.4, 0.5) is 0 Å². The van der Waals surface area contributed by atoms with Crippen LogP contribution in [0.3, 0.4) is 0 Å². The largest absolute Gasteiger partial charge is 0.345 e. The fraction of sp³-hybridized carbons (Fsp3) is 0.385. The Morgan fingerprint density at radius 1 is 1.12 bits per heavy atom. The van der Waals surface area contributed by atoms with E-state index in [0.29, 0.717) is 6.54 Å². The fourth-order valence-electron chi connectivity index (χ4n) is 1.95. The van der Waals surface area contributed by atoms with Crippen LogP contribution in [0.15, 0.2) is 18.2 Å². The summed E-state index contributed by atoms with van der Waals surface area (Å²) in [5.41, 5.74) is 2.87. The first-order valence-electron chi connectivity index (χ1n) is 5.60. The zero-order chi connectivity index (χ0) is 12.6. The minimum absolute atomic E-state index is 0.417. The molecule has 4 heteroatoms. The van der Waals surface area contributed by atoms with E-state index in [0.717, 1.165) is 5.56 Å². The summed E-state index contributed by atoms with van der Waals surface area (Å²) < 4.78 is 0. The normalized spacial score (nSPS) is 24.2. The zero-order valence-electron chi connectivity index (χ0n) is 10.3. The molecule has 0 saturated carbocycles. The molecule has 1 aliphatic rings. The average molecular weight is 232 g/mol. The van der Waals surface area contributed by atoms with Crippen molar-refractivity contribution < 1.29 is 9.59 Å². The molecule has 0 radical (unpaired) electrons. The number of amides is 2. The second-order valence-electron chi connectivity index (χ2n) is 4.77. The van der Waals surface area contributed by atoms with E-state index < -0.39 is 17.4 Å². The van der Waals surface area contributed by atoms with Crippen molar-refractivity contribution in [2.24, 2.45) is 0 Å². The number of aryl methyl sites for hydroxylation is 2. The number of piperazine rings is 1. The Morgan fingerprint density at radius 3 is 2.41 bits per heavy atom. The molecule has 2 N–H and O–H groups in total. The smallest absolute Gasteiger partial charge is 0.310 e. The topological polar surface area (TPSA) is 58.2 Å². The molecule has 17 heavy (non-hydrogen) atoms. The first-order valence-corrected chi connectivity index (χ1v) is 5.60. The van der Waals surface area contributed by atoms with Gasteiger partial charge in [-0.2, -0.15) is 0 Å². The summed E-state index contributed by atoms with van der Waals surface area (Å²) in [6, 6.07) is 6.06. The molecule has 0 aliphatic carbocycles. The van der Waals surface area contributed by atoms with Crippen molar-refractivity contribution in [3.63, 3.8) is 0 Å². The Kier molecular flexibility index (Phi) is 2.65. The van der Waals surface area contributed by atoms with Crippen LogP contribution in [0.5, 0.6) is 0 Å². The van der Waals surface area contributed by atoms with Gasteiger partial charge in [-0.05, 0) is 37.5 Å². The van der Waals surface area contributed by atoms with Crippen molar-refractivity contribution in [1.29, 1.82) is 0 Å². The van der Waals surface area contributed by atoms with Crippen LogP contribution in [0, 0.1) is 13.8 Å². The van der Waals surface area contributed by atoms with Crippen LogP contribution in [0.25, 0.3) is 0 Å². The molecule has 1 aromatic carbocycles. The Morgan fingerprint density at radius 2 is 1.82 bits per heavy atom. The van der Waals surface area contributed by atoms with E-state index >= 15 is 0 Å². The first-order chi connectivity index (χ1) is 7.92. The zero-order valence-corrected chi connectivity index (χ0v) is 10.3. The number of nitrogens with one attached hydrogen (secondary N) is 2. The molecular formula is C13H16N2O2. The predicted octanol–water partition coefficient (Wildman–Crippen LogP) is 0.765. The number of hydrogen-bond donors (Lipinski definition) is 2. The predicted molar refractivity (Wildman–Crippen MR) is 64.4 cm³/mol. The van der Waals surface area contributed by atoms with Crippen molar-refractivity contribution in [2.45, 2.75) is 26.3 Å². The molecule has 1 aliphatic heterocycles. The maximum absolute atomic E-state index is 11.4. The van der Waals surface area contributed by atoms with Gasteiger partial charge in [0.25, 0.3) is 0 Å². The van der Waals surface area contributed by atoms with Crippen molar-refractivity contribution in [2.75, 3.05) is 6.54 Å². The molecule has 90 valence electrons. The molecule has 1 heterocycles. The number of carbonyl (C=O) groups is 2. The molecule has 1 aromatic rings. The molecule has 1 saturated heterocycles. The minimum atomic E-state index is -0.572. The third-order valence-corrected chi connectivity index (χ3v) is 3.34. The van der Waals surface area contributed by atoms with Crippen molar-refractivity contribution >= 4 is 11.8 Å². The number of rotatable bonds is 1. The van der Waals surface area contributed by atoms with Crippen molar-refractivity contribution in [1.82, 2.24) is 10.6 Å². The highest BCUT2D eigenvalue weighted by Gasteiger charge is 2.36. The molecule has 1 fully saturated rings. The van der Waals surface area contributed by atoms with E-state index in [1.165, 1.54) is 11.1 Å². The lowest BCUT2D eigenvalue weighted by atomic mass is 9.88. The molecule has 2 rings (SSSR count). The Hall–Kier alpha value is -1.84. The highest BCUT2D eigenvalue weighted by atomic mass is 16.2.